The number of rotatable bonds is 4. The van der Waals surface area contributed by atoms with Gasteiger partial charge in [0, 0.05) is 6.20 Å². The van der Waals surface area contributed by atoms with Crippen molar-refractivity contribution in [1.82, 2.24) is 9.78 Å². The number of nitrogens with zero attached hydrogens (tertiary/aromatic N) is 2. The Morgan fingerprint density at radius 1 is 1.30 bits per heavy atom. The molecule has 0 spiro atoms. The molecule has 0 N–H and O–H groups in total. The monoisotopic (exact) mass is 292 g/mol. The molecule has 0 bridgehead atoms. The lowest BCUT2D eigenvalue weighted by molar-refractivity contribution is 0.0965. The van der Waals surface area contributed by atoms with Crippen LogP contribution < -0.4 is 0 Å². The van der Waals surface area contributed by atoms with Crippen molar-refractivity contribution >= 4 is 17.4 Å². The van der Waals surface area contributed by atoms with Crippen molar-refractivity contribution in [3.63, 3.8) is 0 Å². The molecule has 3 rings (SSSR count). The Balaban J connectivity index is 1.66. The number of furan rings is 1. The van der Waals surface area contributed by atoms with Crippen molar-refractivity contribution in [2.24, 2.45) is 0 Å². The van der Waals surface area contributed by atoms with Gasteiger partial charge in [-0.25, -0.2) is 0 Å². The van der Waals surface area contributed by atoms with Gasteiger partial charge in [-0.3, -0.25) is 9.48 Å². The van der Waals surface area contributed by atoms with Crippen molar-refractivity contribution in [2.75, 3.05) is 0 Å². The molecule has 1 aliphatic rings. The molecule has 20 heavy (non-hydrogen) atoms. The Kier molecular flexibility index (Phi) is 3.92. The SMILES string of the molecule is O=C(Cc1ccn(C2CCCCC2)n1)c1ccc(Cl)o1. The van der Waals surface area contributed by atoms with E-state index in [2.05, 4.69) is 5.10 Å². The fourth-order valence-corrected chi connectivity index (χ4v) is 2.88. The molecule has 2 heterocycles. The minimum Gasteiger partial charge on any atom is -0.442 e. The first-order valence-corrected chi connectivity index (χ1v) is 7.43. The fourth-order valence-electron chi connectivity index (χ4n) is 2.74. The molecule has 1 aliphatic carbocycles. The molecular formula is C15H17ClN2O2. The summed E-state index contributed by atoms with van der Waals surface area (Å²) in [4.78, 5) is 12.0. The van der Waals surface area contributed by atoms with E-state index in [-0.39, 0.29) is 17.4 Å². The molecule has 0 atom stereocenters. The first kappa shape index (κ1) is 13.4. The van der Waals surface area contributed by atoms with Crippen LogP contribution in [0.25, 0.3) is 0 Å². The quantitative estimate of drug-likeness (QED) is 0.798. The average molecular weight is 293 g/mol. The molecule has 0 amide bonds. The lowest BCUT2D eigenvalue weighted by Gasteiger charge is -2.21. The maximum Gasteiger partial charge on any atom is 0.204 e. The summed E-state index contributed by atoms with van der Waals surface area (Å²) >= 11 is 5.67. The Morgan fingerprint density at radius 3 is 2.80 bits per heavy atom. The van der Waals surface area contributed by atoms with Crippen molar-refractivity contribution < 1.29 is 9.21 Å². The van der Waals surface area contributed by atoms with Crippen LogP contribution in [0.1, 0.15) is 54.4 Å². The van der Waals surface area contributed by atoms with Gasteiger partial charge in [0.2, 0.25) is 5.78 Å². The van der Waals surface area contributed by atoms with E-state index in [0.29, 0.717) is 11.8 Å². The summed E-state index contributed by atoms with van der Waals surface area (Å²) in [6.07, 6.45) is 8.46. The van der Waals surface area contributed by atoms with E-state index in [1.54, 1.807) is 12.1 Å². The Morgan fingerprint density at radius 2 is 2.10 bits per heavy atom. The van der Waals surface area contributed by atoms with Gasteiger partial charge >= 0.3 is 0 Å². The second kappa shape index (κ2) is 5.83. The first-order chi connectivity index (χ1) is 9.72. The summed E-state index contributed by atoms with van der Waals surface area (Å²) in [5.74, 6) is 0.202. The van der Waals surface area contributed by atoms with Gasteiger partial charge in [0.25, 0.3) is 0 Å². The lowest BCUT2D eigenvalue weighted by atomic mass is 9.96. The van der Waals surface area contributed by atoms with E-state index in [9.17, 15) is 4.79 Å². The summed E-state index contributed by atoms with van der Waals surface area (Å²) in [5.41, 5.74) is 0.785. The number of carbonyl (C=O) groups excluding carboxylic acids is 1. The van der Waals surface area contributed by atoms with Gasteiger partial charge in [0.1, 0.15) is 0 Å². The number of halogens is 1. The molecule has 5 heteroatoms. The van der Waals surface area contributed by atoms with Crippen molar-refractivity contribution in [3.8, 4) is 0 Å². The maximum atomic E-state index is 12.0. The zero-order chi connectivity index (χ0) is 13.9. The average Bonchev–Trinajstić information content (AvgIpc) is 3.09. The van der Waals surface area contributed by atoms with E-state index in [0.717, 1.165) is 5.69 Å². The Bertz CT molecular complexity index is 597. The van der Waals surface area contributed by atoms with Gasteiger partial charge in [-0.15, -0.1) is 0 Å². The van der Waals surface area contributed by atoms with Crippen molar-refractivity contribution in [2.45, 2.75) is 44.6 Å². The smallest absolute Gasteiger partial charge is 0.204 e. The van der Waals surface area contributed by atoms with E-state index in [1.165, 1.54) is 32.1 Å². The summed E-state index contributed by atoms with van der Waals surface area (Å²) < 4.78 is 7.13. The third kappa shape index (κ3) is 2.96. The highest BCUT2D eigenvalue weighted by Gasteiger charge is 2.18. The molecule has 0 unspecified atom stereocenters. The molecule has 1 fully saturated rings. The van der Waals surface area contributed by atoms with Crippen LogP contribution in [-0.4, -0.2) is 15.6 Å². The summed E-state index contributed by atoms with van der Waals surface area (Å²) in [5, 5.41) is 4.76. The zero-order valence-corrected chi connectivity index (χ0v) is 12.0. The van der Waals surface area contributed by atoms with E-state index in [4.69, 9.17) is 16.0 Å². The molecule has 2 aromatic heterocycles. The fraction of sp³-hybridized carbons (Fsp3) is 0.467. The molecule has 4 nitrogen and oxygen atoms in total. The predicted octanol–water partition coefficient (Wildman–Crippen LogP) is 4.06. The number of Topliss-reactive ketones (excluding diaryl/α,β-unsaturated/α-hetero) is 1. The molecule has 1 saturated carbocycles. The van der Waals surface area contributed by atoms with Crippen molar-refractivity contribution in [3.05, 3.63) is 41.1 Å². The minimum atomic E-state index is -0.0919. The molecule has 0 aromatic carbocycles. The number of aromatic nitrogens is 2. The Hall–Kier alpha value is -1.55. The predicted molar refractivity (Wildman–Crippen MR) is 76.1 cm³/mol. The van der Waals surface area contributed by atoms with Gasteiger partial charge in [0.05, 0.1) is 18.2 Å². The van der Waals surface area contributed by atoms with Gasteiger partial charge in [-0.1, -0.05) is 19.3 Å². The van der Waals surface area contributed by atoms with Crippen molar-refractivity contribution in [1.29, 1.82) is 0 Å². The van der Waals surface area contributed by atoms with Crippen LogP contribution in [0, 0.1) is 0 Å². The lowest BCUT2D eigenvalue weighted by Crippen LogP contribution is -2.14. The maximum absolute atomic E-state index is 12.0. The minimum absolute atomic E-state index is 0.0919. The van der Waals surface area contributed by atoms with E-state index in [1.807, 2.05) is 16.9 Å². The molecule has 0 saturated heterocycles. The van der Waals surface area contributed by atoms with Crippen LogP contribution in [0.2, 0.25) is 5.22 Å². The molecule has 2 aromatic rings. The zero-order valence-electron chi connectivity index (χ0n) is 11.2. The van der Waals surface area contributed by atoms with Gasteiger partial charge in [0.15, 0.2) is 11.0 Å². The second-order valence-corrected chi connectivity index (χ2v) is 5.66. The molecular weight excluding hydrogens is 276 g/mol. The third-order valence-corrected chi connectivity index (χ3v) is 4.01. The van der Waals surface area contributed by atoms with Crippen LogP contribution in [0.15, 0.2) is 28.8 Å². The standard InChI is InChI=1S/C15H17ClN2O2/c16-15-7-6-14(20-15)13(19)10-11-8-9-18(17-11)12-4-2-1-3-5-12/h6-9,12H,1-5,10H2. The topological polar surface area (TPSA) is 48.0 Å². The highest BCUT2D eigenvalue weighted by molar-refractivity contribution is 6.29. The molecule has 0 radical (unpaired) electrons. The number of ketones is 1. The van der Waals surface area contributed by atoms with Crippen LogP contribution in [0.5, 0.6) is 0 Å². The van der Waals surface area contributed by atoms with Crippen LogP contribution in [-0.2, 0) is 6.42 Å². The van der Waals surface area contributed by atoms with Gasteiger partial charge < -0.3 is 4.42 Å². The summed E-state index contributed by atoms with van der Waals surface area (Å²) in [7, 11) is 0. The summed E-state index contributed by atoms with van der Waals surface area (Å²) in [6.45, 7) is 0. The van der Waals surface area contributed by atoms with Gasteiger partial charge in [-0.2, -0.15) is 5.10 Å². The molecule has 106 valence electrons. The van der Waals surface area contributed by atoms with Crippen LogP contribution in [0.3, 0.4) is 0 Å². The van der Waals surface area contributed by atoms with E-state index >= 15 is 0 Å². The number of carbonyl (C=O) groups is 1. The largest absolute Gasteiger partial charge is 0.442 e. The van der Waals surface area contributed by atoms with Crippen LogP contribution in [0.4, 0.5) is 0 Å². The molecule has 0 aliphatic heterocycles. The first-order valence-electron chi connectivity index (χ1n) is 7.05. The normalized spacial score (nSPS) is 16.4. The van der Waals surface area contributed by atoms with Crippen LogP contribution >= 0.6 is 11.6 Å². The third-order valence-electron chi connectivity index (χ3n) is 3.80. The Labute approximate surface area is 122 Å². The number of hydrogen-bond donors (Lipinski definition) is 0. The summed E-state index contributed by atoms with van der Waals surface area (Å²) in [6, 6.07) is 5.58. The number of hydrogen-bond acceptors (Lipinski definition) is 3. The van der Waals surface area contributed by atoms with E-state index < -0.39 is 0 Å². The van der Waals surface area contributed by atoms with Gasteiger partial charge in [-0.05, 0) is 42.6 Å². The second-order valence-electron chi connectivity index (χ2n) is 5.28. The highest BCUT2D eigenvalue weighted by Crippen LogP contribution is 2.27. The highest BCUT2D eigenvalue weighted by atomic mass is 35.5.